The van der Waals surface area contributed by atoms with E-state index in [9.17, 15) is 0 Å². The van der Waals surface area contributed by atoms with Crippen LogP contribution in [0.2, 0.25) is 0 Å². The summed E-state index contributed by atoms with van der Waals surface area (Å²) < 4.78 is 5.25. The summed E-state index contributed by atoms with van der Waals surface area (Å²) in [5, 5.41) is 3.02. The minimum absolute atomic E-state index is 0.477. The Labute approximate surface area is 298 Å². The maximum absolute atomic E-state index is 2.75. The van der Waals surface area contributed by atoms with E-state index in [1.165, 1.54) is 82.6 Å². The third-order valence-corrected chi connectivity index (χ3v) is 12.7. The first-order valence-electron chi connectivity index (χ1n) is 19.3. The molecule has 10 rings (SSSR count). The van der Waals surface area contributed by atoms with Crippen LogP contribution in [0.1, 0.15) is 108 Å². The van der Waals surface area contributed by atoms with Crippen LogP contribution in [0.4, 0.5) is 0 Å². The minimum Gasteiger partial charge on any atom is -0.342 e. The molecule has 4 atom stereocenters. The maximum atomic E-state index is 2.75. The number of nitrogens with zero attached hydrogens (tertiary/aromatic N) is 4. The Balaban J connectivity index is 0.000000135. The standard InChI is InChI=1S/2C23H26N2/c2*1-16-11-12-21-20(15-16)19-9-6-10-22-23(19)25(21)14-13-24(22)17(2)18-7-4-3-5-8-18/h2*3-5,7-8,11-12,15,17,22H,6,9-10,13-14H2,1-2H3/t17-,22?;17-,22-/m01/s1. The van der Waals surface area contributed by atoms with Gasteiger partial charge in [-0.3, -0.25) is 9.80 Å². The van der Waals surface area contributed by atoms with Gasteiger partial charge in [0.1, 0.15) is 0 Å². The largest absolute Gasteiger partial charge is 0.342 e. The van der Waals surface area contributed by atoms with E-state index in [0.717, 1.165) is 26.2 Å². The molecule has 0 saturated carbocycles. The van der Waals surface area contributed by atoms with E-state index in [4.69, 9.17) is 0 Å². The molecule has 0 bridgehead atoms. The van der Waals surface area contributed by atoms with Crippen molar-refractivity contribution >= 4 is 21.8 Å². The Morgan fingerprint density at radius 2 is 0.940 bits per heavy atom. The lowest BCUT2D eigenvalue weighted by atomic mass is 9.88. The Morgan fingerprint density at radius 3 is 1.36 bits per heavy atom. The van der Waals surface area contributed by atoms with E-state index >= 15 is 0 Å². The average Bonchev–Trinajstić information content (AvgIpc) is 3.66. The molecule has 4 aliphatic rings. The van der Waals surface area contributed by atoms with Crippen molar-refractivity contribution in [2.75, 3.05) is 13.1 Å². The highest BCUT2D eigenvalue weighted by molar-refractivity contribution is 5.88. The van der Waals surface area contributed by atoms with Gasteiger partial charge in [0.15, 0.2) is 0 Å². The number of rotatable bonds is 4. The zero-order valence-corrected chi connectivity index (χ0v) is 30.4. The third kappa shape index (κ3) is 5.26. The van der Waals surface area contributed by atoms with Gasteiger partial charge in [-0.05, 0) is 113 Å². The highest BCUT2D eigenvalue weighted by atomic mass is 15.3. The van der Waals surface area contributed by atoms with Crippen molar-refractivity contribution in [2.45, 2.75) is 103 Å². The molecule has 4 heterocycles. The molecule has 0 amide bonds. The van der Waals surface area contributed by atoms with Gasteiger partial charge in [0.2, 0.25) is 0 Å². The summed E-state index contributed by atoms with van der Waals surface area (Å²) in [6.45, 7) is 13.7. The summed E-state index contributed by atoms with van der Waals surface area (Å²) in [7, 11) is 0. The van der Waals surface area contributed by atoms with Crippen LogP contribution >= 0.6 is 0 Å². The van der Waals surface area contributed by atoms with E-state index in [1.807, 2.05) is 0 Å². The normalized spacial score (nSPS) is 21.3. The first-order chi connectivity index (χ1) is 24.5. The first kappa shape index (κ1) is 31.8. The Hall–Kier alpha value is -4.12. The van der Waals surface area contributed by atoms with Gasteiger partial charge in [-0.2, -0.15) is 0 Å². The van der Waals surface area contributed by atoms with Crippen molar-refractivity contribution in [3.8, 4) is 0 Å². The number of hydrogen-bond acceptors (Lipinski definition) is 2. The van der Waals surface area contributed by atoms with E-state index in [2.05, 4.69) is 144 Å². The number of fused-ring (bicyclic) bond motifs is 6. The van der Waals surface area contributed by atoms with Crippen LogP contribution in [-0.2, 0) is 25.9 Å². The zero-order chi connectivity index (χ0) is 33.9. The second kappa shape index (κ2) is 12.9. The summed E-state index contributed by atoms with van der Waals surface area (Å²) in [4.78, 5) is 5.50. The topological polar surface area (TPSA) is 16.3 Å². The SMILES string of the molecule is Cc1ccc2c(c1)c1c3n2CCN([C@@H](C)c2ccccc2)C3CCC1.Cc1ccc2c(c1)c1c3n2CCN([C@H](C)c2ccccc2)[C@@H]3CCC1. The van der Waals surface area contributed by atoms with Crippen molar-refractivity contribution in [3.05, 3.63) is 142 Å². The van der Waals surface area contributed by atoms with Gasteiger partial charge in [-0.25, -0.2) is 0 Å². The van der Waals surface area contributed by atoms with Crippen LogP contribution in [-0.4, -0.2) is 32.0 Å². The lowest BCUT2D eigenvalue weighted by Gasteiger charge is -2.43. The smallest absolute Gasteiger partial charge is 0.0510 e. The molecule has 4 heteroatoms. The van der Waals surface area contributed by atoms with Gasteiger partial charge in [0, 0.05) is 71.5 Å². The Kier molecular flexibility index (Phi) is 8.21. The van der Waals surface area contributed by atoms with E-state index in [0.29, 0.717) is 24.2 Å². The molecule has 6 aromatic rings. The molecular formula is C46H52N4. The molecule has 4 nitrogen and oxygen atoms in total. The monoisotopic (exact) mass is 660 g/mol. The van der Waals surface area contributed by atoms with Crippen molar-refractivity contribution in [1.29, 1.82) is 0 Å². The van der Waals surface area contributed by atoms with Gasteiger partial charge in [-0.15, -0.1) is 0 Å². The summed E-state index contributed by atoms with van der Waals surface area (Å²) >= 11 is 0. The predicted molar refractivity (Wildman–Crippen MR) is 208 cm³/mol. The summed E-state index contributed by atoms with van der Waals surface area (Å²) in [6, 6.07) is 38.2. The van der Waals surface area contributed by atoms with Gasteiger partial charge < -0.3 is 9.13 Å². The lowest BCUT2D eigenvalue weighted by molar-refractivity contribution is 0.0973. The molecule has 0 spiro atoms. The Morgan fingerprint density at radius 1 is 0.520 bits per heavy atom. The van der Waals surface area contributed by atoms with Crippen LogP contribution in [0.25, 0.3) is 21.8 Å². The quantitative estimate of drug-likeness (QED) is 0.187. The minimum atomic E-state index is 0.477. The molecule has 0 radical (unpaired) electrons. The van der Waals surface area contributed by atoms with Gasteiger partial charge in [0.05, 0.1) is 12.1 Å². The van der Waals surface area contributed by atoms with Gasteiger partial charge in [-0.1, -0.05) is 83.9 Å². The molecule has 1 unspecified atom stereocenters. The summed E-state index contributed by atoms with van der Waals surface area (Å²) in [6.07, 6.45) is 7.68. The molecule has 50 heavy (non-hydrogen) atoms. The number of aromatic nitrogens is 2. The molecule has 2 aliphatic carbocycles. The Bertz CT molecular complexity index is 2000. The molecule has 2 aliphatic heterocycles. The van der Waals surface area contributed by atoms with Gasteiger partial charge >= 0.3 is 0 Å². The highest BCUT2D eigenvalue weighted by Crippen LogP contribution is 2.47. The van der Waals surface area contributed by atoms with Crippen molar-refractivity contribution in [2.24, 2.45) is 0 Å². The summed E-state index contributed by atoms with van der Waals surface area (Å²) in [5.41, 5.74) is 15.0. The molecule has 0 saturated heterocycles. The summed E-state index contributed by atoms with van der Waals surface area (Å²) in [5.74, 6) is 0. The van der Waals surface area contributed by atoms with Crippen LogP contribution in [0.15, 0.2) is 97.1 Å². The molecule has 0 N–H and O–H groups in total. The maximum Gasteiger partial charge on any atom is 0.0510 e. The fourth-order valence-electron chi connectivity index (χ4n) is 10.3. The van der Waals surface area contributed by atoms with E-state index in [-0.39, 0.29) is 0 Å². The van der Waals surface area contributed by atoms with Gasteiger partial charge in [0.25, 0.3) is 0 Å². The van der Waals surface area contributed by atoms with Crippen molar-refractivity contribution in [1.82, 2.24) is 18.9 Å². The van der Waals surface area contributed by atoms with Crippen molar-refractivity contribution in [3.63, 3.8) is 0 Å². The van der Waals surface area contributed by atoms with E-state index < -0.39 is 0 Å². The van der Waals surface area contributed by atoms with E-state index in [1.54, 1.807) is 22.5 Å². The second-order valence-electron chi connectivity index (χ2n) is 15.5. The predicted octanol–water partition coefficient (Wildman–Crippen LogP) is 10.8. The highest BCUT2D eigenvalue weighted by Gasteiger charge is 2.38. The van der Waals surface area contributed by atoms with Crippen LogP contribution in [0.5, 0.6) is 0 Å². The second-order valence-corrected chi connectivity index (χ2v) is 15.5. The fraction of sp³-hybridized carbons (Fsp3) is 0.391. The molecule has 2 aromatic heterocycles. The molecular weight excluding hydrogens is 609 g/mol. The zero-order valence-electron chi connectivity index (χ0n) is 30.4. The number of aryl methyl sites for hydroxylation is 4. The number of hydrogen-bond donors (Lipinski definition) is 0. The van der Waals surface area contributed by atoms with Crippen molar-refractivity contribution < 1.29 is 0 Å². The third-order valence-electron chi connectivity index (χ3n) is 12.7. The molecule has 4 aromatic carbocycles. The van der Waals surface area contributed by atoms with Crippen LogP contribution in [0.3, 0.4) is 0 Å². The lowest BCUT2D eigenvalue weighted by Crippen LogP contribution is -2.41. The number of benzene rings is 4. The fourth-order valence-corrected chi connectivity index (χ4v) is 10.3. The average molecular weight is 661 g/mol. The molecule has 256 valence electrons. The molecule has 0 fully saturated rings. The van der Waals surface area contributed by atoms with Crippen LogP contribution < -0.4 is 0 Å². The van der Waals surface area contributed by atoms with Crippen LogP contribution in [0, 0.1) is 13.8 Å². The first-order valence-corrected chi connectivity index (χ1v) is 19.3.